The minimum absolute atomic E-state index is 0.0766. The van der Waals surface area contributed by atoms with Crippen molar-refractivity contribution in [1.29, 1.82) is 0 Å². The Hall–Kier alpha value is -2.04. The molecule has 0 bridgehead atoms. The topological polar surface area (TPSA) is 49.9 Å². The number of carbonyl (C=O) groups excluding carboxylic acids is 2. The standard InChI is InChI=1S/C24H28N2O3/c27-20(17-3-1-2-4-18(17)29-16-5-6-16)26-14-22(15-26)11-12-25(13-22)21(28)19-23(7-8-23)24(19)9-10-24/h1-4,16,19H,5-15H2. The molecule has 29 heavy (non-hydrogen) atoms. The van der Waals surface area contributed by atoms with Crippen LogP contribution >= 0.6 is 0 Å². The number of rotatable bonds is 4. The van der Waals surface area contributed by atoms with E-state index in [0.717, 1.165) is 51.2 Å². The number of hydrogen-bond acceptors (Lipinski definition) is 3. The summed E-state index contributed by atoms with van der Waals surface area (Å²) >= 11 is 0. The van der Waals surface area contributed by atoms with Gasteiger partial charge >= 0.3 is 0 Å². The highest BCUT2D eigenvalue weighted by Crippen LogP contribution is 2.92. The van der Waals surface area contributed by atoms with Gasteiger partial charge in [0.25, 0.3) is 5.91 Å². The van der Waals surface area contributed by atoms with Gasteiger partial charge in [0.1, 0.15) is 5.75 Å². The molecule has 0 radical (unpaired) electrons. The number of ether oxygens (including phenoxy) is 1. The van der Waals surface area contributed by atoms with Crippen LogP contribution in [0.4, 0.5) is 0 Å². The van der Waals surface area contributed by atoms with Crippen LogP contribution in [-0.4, -0.2) is 53.9 Å². The van der Waals surface area contributed by atoms with Gasteiger partial charge in [-0.3, -0.25) is 9.59 Å². The van der Waals surface area contributed by atoms with E-state index < -0.39 is 0 Å². The van der Waals surface area contributed by atoms with Crippen LogP contribution in [0, 0.1) is 22.2 Å². The van der Waals surface area contributed by atoms with Crippen LogP contribution in [0.15, 0.2) is 24.3 Å². The van der Waals surface area contributed by atoms with E-state index in [1.165, 1.54) is 25.7 Å². The van der Waals surface area contributed by atoms with Gasteiger partial charge in [-0.25, -0.2) is 0 Å². The molecule has 0 unspecified atom stereocenters. The average Bonchev–Trinajstić information content (AvgIpc) is 3.52. The number of benzene rings is 1. The molecule has 5 heteroatoms. The molecule has 6 fully saturated rings. The predicted molar refractivity (Wildman–Crippen MR) is 106 cm³/mol. The summed E-state index contributed by atoms with van der Waals surface area (Å²) in [4.78, 5) is 30.3. The maximum atomic E-state index is 13.2. The summed E-state index contributed by atoms with van der Waals surface area (Å²) < 4.78 is 5.95. The zero-order valence-corrected chi connectivity index (χ0v) is 16.9. The number of fused-ring (bicyclic) bond motifs is 1. The lowest BCUT2D eigenvalue weighted by Gasteiger charge is -2.48. The van der Waals surface area contributed by atoms with Crippen molar-refractivity contribution < 1.29 is 14.3 Å². The molecule has 2 heterocycles. The minimum Gasteiger partial charge on any atom is -0.490 e. The van der Waals surface area contributed by atoms with Gasteiger partial charge in [0.05, 0.1) is 17.6 Å². The van der Waals surface area contributed by atoms with Gasteiger partial charge in [-0.15, -0.1) is 0 Å². The molecule has 2 amide bonds. The molecule has 2 aliphatic heterocycles. The summed E-state index contributed by atoms with van der Waals surface area (Å²) in [5.41, 5.74) is 1.68. The zero-order valence-electron chi connectivity index (χ0n) is 16.9. The average molecular weight is 392 g/mol. The molecule has 0 N–H and O–H groups in total. The Morgan fingerprint density at radius 2 is 1.55 bits per heavy atom. The maximum Gasteiger partial charge on any atom is 0.257 e. The van der Waals surface area contributed by atoms with Gasteiger partial charge in [0, 0.05) is 31.6 Å². The largest absolute Gasteiger partial charge is 0.490 e. The number of para-hydroxylation sites is 1. The van der Waals surface area contributed by atoms with Crippen molar-refractivity contribution in [2.24, 2.45) is 22.2 Å². The van der Waals surface area contributed by atoms with Gasteiger partial charge in [0.2, 0.25) is 5.91 Å². The summed E-state index contributed by atoms with van der Waals surface area (Å²) in [6, 6.07) is 7.64. The Kier molecular flexibility index (Phi) is 2.98. The normalized spacial score (nSPS) is 29.2. The van der Waals surface area contributed by atoms with Crippen molar-refractivity contribution in [3.8, 4) is 5.75 Å². The Labute approximate surface area is 171 Å². The van der Waals surface area contributed by atoms with Gasteiger partial charge < -0.3 is 14.5 Å². The lowest BCUT2D eigenvalue weighted by Crippen LogP contribution is -2.59. The second-order valence-corrected chi connectivity index (χ2v) is 10.7. The summed E-state index contributed by atoms with van der Waals surface area (Å²) in [7, 11) is 0. The fourth-order valence-corrected chi connectivity index (χ4v) is 6.81. The number of likely N-dealkylation sites (tertiary alicyclic amines) is 2. The first-order valence-electron chi connectivity index (χ1n) is 11.4. The second kappa shape index (κ2) is 5.16. The molecule has 2 saturated heterocycles. The summed E-state index contributed by atoms with van der Waals surface area (Å²) in [5.74, 6) is 1.58. The van der Waals surface area contributed by atoms with Crippen molar-refractivity contribution in [3.05, 3.63) is 29.8 Å². The summed E-state index contributed by atoms with van der Waals surface area (Å²) in [6.45, 7) is 3.27. The zero-order chi connectivity index (χ0) is 19.4. The lowest BCUT2D eigenvalue weighted by molar-refractivity contribution is -0.133. The van der Waals surface area contributed by atoms with Gasteiger partial charge in [-0.05, 0) is 67.9 Å². The fraction of sp³-hybridized carbons (Fsp3) is 0.667. The van der Waals surface area contributed by atoms with Gasteiger partial charge in [-0.1, -0.05) is 12.1 Å². The fourth-order valence-electron chi connectivity index (χ4n) is 6.81. The maximum absolute atomic E-state index is 13.2. The first kappa shape index (κ1) is 16.7. The first-order chi connectivity index (χ1) is 14.1. The van der Waals surface area contributed by atoms with E-state index in [9.17, 15) is 9.59 Å². The predicted octanol–water partition coefficient (Wildman–Crippen LogP) is 3.09. The molecule has 4 saturated carbocycles. The number of hydrogen-bond donors (Lipinski definition) is 0. The van der Waals surface area contributed by atoms with Crippen LogP contribution in [0.3, 0.4) is 0 Å². The highest BCUT2D eigenvalue weighted by molar-refractivity contribution is 5.97. The summed E-state index contributed by atoms with van der Waals surface area (Å²) in [6.07, 6.45) is 8.63. The van der Waals surface area contributed by atoms with Crippen LogP contribution in [0.2, 0.25) is 0 Å². The number of nitrogens with zero attached hydrogens (tertiary/aromatic N) is 2. The Balaban J connectivity index is 1.01. The van der Waals surface area contributed by atoms with Crippen molar-refractivity contribution in [2.75, 3.05) is 26.2 Å². The Bertz CT molecular complexity index is 904. The van der Waals surface area contributed by atoms with Gasteiger partial charge in [0.15, 0.2) is 0 Å². The van der Waals surface area contributed by atoms with Crippen molar-refractivity contribution in [2.45, 2.75) is 51.0 Å². The molecule has 0 aromatic heterocycles. The minimum atomic E-state index is 0.0766. The van der Waals surface area contributed by atoms with E-state index in [-0.39, 0.29) is 17.4 Å². The SMILES string of the molecule is O=C(c1ccccc1OC1CC1)N1CC2(CCN(C(=O)C3C4(CC4)C34CC4)C2)C1. The molecule has 3 spiro atoms. The van der Waals surface area contributed by atoms with E-state index in [1.54, 1.807) is 0 Å². The van der Waals surface area contributed by atoms with Crippen molar-refractivity contribution >= 4 is 11.8 Å². The molecule has 1 aromatic rings. The van der Waals surface area contributed by atoms with Crippen molar-refractivity contribution in [3.63, 3.8) is 0 Å². The molecule has 7 rings (SSSR count). The Morgan fingerprint density at radius 3 is 2.21 bits per heavy atom. The molecule has 5 nitrogen and oxygen atoms in total. The van der Waals surface area contributed by atoms with E-state index in [1.807, 2.05) is 29.2 Å². The highest BCUT2D eigenvalue weighted by atomic mass is 16.5. The van der Waals surface area contributed by atoms with Crippen LogP contribution < -0.4 is 4.74 Å². The molecule has 0 atom stereocenters. The third-order valence-corrected chi connectivity index (χ3v) is 8.86. The Morgan fingerprint density at radius 1 is 0.897 bits per heavy atom. The van der Waals surface area contributed by atoms with Crippen LogP contribution in [0.25, 0.3) is 0 Å². The number of carbonyl (C=O) groups is 2. The van der Waals surface area contributed by atoms with E-state index in [0.29, 0.717) is 28.2 Å². The number of amides is 2. The van der Waals surface area contributed by atoms with Gasteiger partial charge in [-0.2, -0.15) is 0 Å². The molecular weight excluding hydrogens is 364 g/mol. The highest BCUT2D eigenvalue weighted by Gasteiger charge is 2.89. The monoisotopic (exact) mass is 392 g/mol. The lowest BCUT2D eigenvalue weighted by atomic mass is 9.78. The third kappa shape index (κ3) is 2.22. The molecule has 6 aliphatic rings. The quantitative estimate of drug-likeness (QED) is 0.791. The van der Waals surface area contributed by atoms with Crippen LogP contribution in [-0.2, 0) is 4.79 Å². The van der Waals surface area contributed by atoms with E-state index >= 15 is 0 Å². The van der Waals surface area contributed by atoms with E-state index in [2.05, 4.69) is 4.90 Å². The molecule has 1 aromatic carbocycles. The van der Waals surface area contributed by atoms with Crippen molar-refractivity contribution in [1.82, 2.24) is 9.80 Å². The molecule has 152 valence electrons. The molecular formula is C24H28N2O3. The smallest absolute Gasteiger partial charge is 0.257 e. The van der Waals surface area contributed by atoms with E-state index in [4.69, 9.17) is 4.74 Å². The van der Waals surface area contributed by atoms with Crippen LogP contribution in [0.1, 0.15) is 55.3 Å². The van der Waals surface area contributed by atoms with Crippen LogP contribution in [0.5, 0.6) is 5.75 Å². The first-order valence-corrected chi connectivity index (χ1v) is 11.4. The third-order valence-electron chi connectivity index (χ3n) is 8.86. The second-order valence-electron chi connectivity index (χ2n) is 10.7. The summed E-state index contributed by atoms with van der Waals surface area (Å²) in [5, 5.41) is 0. The molecule has 4 aliphatic carbocycles.